The summed E-state index contributed by atoms with van der Waals surface area (Å²) in [6, 6.07) is 5.16. The van der Waals surface area contributed by atoms with Gasteiger partial charge in [-0.3, -0.25) is 0 Å². The predicted molar refractivity (Wildman–Crippen MR) is 108 cm³/mol. The van der Waals surface area contributed by atoms with E-state index in [-0.39, 0.29) is 11.0 Å². The maximum atomic E-state index is 11.4. The van der Waals surface area contributed by atoms with Gasteiger partial charge in [0.1, 0.15) is 5.75 Å². The largest absolute Gasteiger partial charge is 0.493 e. The lowest BCUT2D eigenvalue weighted by Gasteiger charge is -2.37. The second-order valence-electron chi connectivity index (χ2n) is 7.60. The minimum atomic E-state index is -0.947. The summed E-state index contributed by atoms with van der Waals surface area (Å²) in [7, 11) is 0. The van der Waals surface area contributed by atoms with E-state index in [0.717, 1.165) is 29.6 Å². The monoisotopic (exact) mass is 354 g/mol. The summed E-state index contributed by atoms with van der Waals surface area (Å²) in [5, 5.41) is 9.34. The van der Waals surface area contributed by atoms with Crippen LogP contribution in [0.25, 0.3) is 5.57 Å². The van der Waals surface area contributed by atoms with E-state index in [9.17, 15) is 9.90 Å². The minimum absolute atomic E-state index is 0.0525. The average Bonchev–Trinajstić information content (AvgIpc) is 2.58. The SMILES string of the molecule is C=C/C(C)=C(\C1=C(C)CCCC1(C)C)c1ccc(C(=O)O)cc1OCC. The molecule has 0 aromatic heterocycles. The Bertz CT molecular complexity index is 779. The van der Waals surface area contributed by atoms with Gasteiger partial charge in [-0.05, 0) is 80.4 Å². The molecule has 0 bridgehead atoms. The molecule has 0 atom stereocenters. The van der Waals surface area contributed by atoms with Gasteiger partial charge in [0.25, 0.3) is 0 Å². The Morgan fingerprint density at radius 2 is 2.08 bits per heavy atom. The van der Waals surface area contributed by atoms with Gasteiger partial charge >= 0.3 is 5.97 Å². The van der Waals surface area contributed by atoms with Gasteiger partial charge in [0.05, 0.1) is 12.2 Å². The lowest BCUT2D eigenvalue weighted by Crippen LogP contribution is -2.22. The lowest BCUT2D eigenvalue weighted by atomic mass is 9.68. The third-order valence-corrected chi connectivity index (χ3v) is 5.21. The zero-order valence-corrected chi connectivity index (χ0v) is 16.6. The van der Waals surface area contributed by atoms with Crippen LogP contribution >= 0.6 is 0 Å². The van der Waals surface area contributed by atoms with Crippen LogP contribution in [-0.2, 0) is 0 Å². The smallest absolute Gasteiger partial charge is 0.335 e. The van der Waals surface area contributed by atoms with Crippen LogP contribution in [-0.4, -0.2) is 17.7 Å². The molecule has 1 aromatic rings. The van der Waals surface area contributed by atoms with Gasteiger partial charge in [0.2, 0.25) is 0 Å². The molecular formula is C23H30O3. The zero-order chi connectivity index (χ0) is 19.5. The number of carboxylic acid groups (broad SMARTS) is 1. The van der Waals surface area contributed by atoms with Gasteiger partial charge in [-0.1, -0.05) is 32.1 Å². The van der Waals surface area contributed by atoms with Crippen molar-refractivity contribution in [2.24, 2.45) is 5.41 Å². The molecule has 0 saturated carbocycles. The van der Waals surface area contributed by atoms with Gasteiger partial charge in [-0.2, -0.15) is 0 Å². The third-order valence-electron chi connectivity index (χ3n) is 5.21. The molecule has 26 heavy (non-hydrogen) atoms. The summed E-state index contributed by atoms with van der Waals surface area (Å²) < 4.78 is 5.84. The number of aromatic carboxylic acids is 1. The Hall–Kier alpha value is -2.29. The van der Waals surface area contributed by atoms with E-state index in [1.54, 1.807) is 12.1 Å². The number of allylic oxidation sites excluding steroid dienone is 5. The molecule has 3 nitrogen and oxygen atoms in total. The first kappa shape index (κ1) is 20.0. The van der Waals surface area contributed by atoms with Crippen molar-refractivity contribution < 1.29 is 14.6 Å². The molecule has 0 unspecified atom stereocenters. The Balaban J connectivity index is 2.78. The number of hydrogen-bond acceptors (Lipinski definition) is 2. The van der Waals surface area contributed by atoms with Crippen LogP contribution in [0.1, 0.15) is 69.8 Å². The fourth-order valence-electron chi connectivity index (χ4n) is 3.96. The molecule has 0 amide bonds. The molecular weight excluding hydrogens is 324 g/mol. The molecule has 0 aliphatic heterocycles. The van der Waals surface area contributed by atoms with Gasteiger partial charge in [-0.25, -0.2) is 4.79 Å². The van der Waals surface area contributed by atoms with Gasteiger partial charge < -0.3 is 9.84 Å². The highest BCUT2D eigenvalue weighted by molar-refractivity contribution is 5.92. The van der Waals surface area contributed by atoms with Crippen molar-refractivity contribution in [3.05, 3.63) is 58.7 Å². The Kier molecular flexibility index (Phi) is 6.12. The van der Waals surface area contributed by atoms with Gasteiger partial charge in [-0.15, -0.1) is 0 Å². The minimum Gasteiger partial charge on any atom is -0.493 e. The molecule has 0 fully saturated rings. The Morgan fingerprint density at radius 3 is 2.62 bits per heavy atom. The maximum absolute atomic E-state index is 11.4. The van der Waals surface area contributed by atoms with Gasteiger partial charge in [0, 0.05) is 5.56 Å². The number of carbonyl (C=O) groups is 1. The second-order valence-corrected chi connectivity index (χ2v) is 7.60. The van der Waals surface area contributed by atoms with E-state index in [1.807, 2.05) is 19.1 Å². The molecule has 2 rings (SSSR count). The van der Waals surface area contributed by atoms with Crippen molar-refractivity contribution in [1.82, 2.24) is 0 Å². The molecule has 1 aliphatic rings. The van der Waals surface area contributed by atoms with Crippen LogP contribution in [0, 0.1) is 5.41 Å². The van der Waals surface area contributed by atoms with Crippen LogP contribution in [0.2, 0.25) is 0 Å². The highest BCUT2D eigenvalue weighted by atomic mass is 16.5. The van der Waals surface area contributed by atoms with Crippen molar-refractivity contribution in [2.75, 3.05) is 6.61 Å². The Morgan fingerprint density at radius 1 is 1.38 bits per heavy atom. The van der Waals surface area contributed by atoms with Crippen LogP contribution in [0.15, 0.2) is 47.6 Å². The highest BCUT2D eigenvalue weighted by Crippen LogP contribution is 2.49. The van der Waals surface area contributed by atoms with E-state index < -0.39 is 5.97 Å². The second kappa shape index (κ2) is 7.94. The van der Waals surface area contributed by atoms with E-state index >= 15 is 0 Å². The Labute approximate surface area is 157 Å². The molecule has 0 heterocycles. The molecule has 0 radical (unpaired) electrons. The van der Waals surface area contributed by atoms with E-state index in [2.05, 4.69) is 34.3 Å². The fourth-order valence-corrected chi connectivity index (χ4v) is 3.96. The highest BCUT2D eigenvalue weighted by Gasteiger charge is 2.33. The fraction of sp³-hybridized carbons (Fsp3) is 0.435. The number of rotatable bonds is 6. The topological polar surface area (TPSA) is 46.5 Å². The molecule has 1 N–H and O–H groups in total. The van der Waals surface area contributed by atoms with Crippen LogP contribution in [0.3, 0.4) is 0 Å². The first-order valence-corrected chi connectivity index (χ1v) is 9.27. The summed E-state index contributed by atoms with van der Waals surface area (Å²) in [6.07, 6.45) is 5.29. The molecule has 1 aromatic carbocycles. The van der Waals surface area contributed by atoms with Crippen molar-refractivity contribution in [1.29, 1.82) is 0 Å². The van der Waals surface area contributed by atoms with Crippen molar-refractivity contribution >= 4 is 11.5 Å². The first-order chi connectivity index (χ1) is 12.2. The van der Waals surface area contributed by atoms with E-state index in [0.29, 0.717) is 12.4 Å². The predicted octanol–water partition coefficient (Wildman–Crippen LogP) is 6.27. The molecule has 140 valence electrons. The summed E-state index contributed by atoms with van der Waals surface area (Å²) in [4.78, 5) is 11.4. The summed E-state index contributed by atoms with van der Waals surface area (Å²) >= 11 is 0. The zero-order valence-electron chi connectivity index (χ0n) is 16.6. The molecule has 0 saturated heterocycles. The first-order valence-electron chi connectivity index (χ1n) is 9.27. The van der Waals surface area contributed by atoms with Crippen molar-refractivity contribution in [3.63, 3.8) is 0 Å². The van der Waals surface area contributed by atoms with Crippen LogP contribution < -0.4 is 4.74 Å². The van der Waals surface area contributed by atoms with Crippen LogP contribution in [0.4, 0.5) is 0 Å². The molecule has 0 spiro atoms. The summed E-state index contributed by atoms with van der Waals surface area (Å²) in [6.45, 7) is 15.2. The van der Waals surface area contributed by atoms with Gasteiger partial charge in [0.15, 0.2) is 0 Å². The standard InChI is InChI=1S/C23H30O3/c1-7-15(3)20(21-16(4)10-9-13-23(21,5)6)18-12-11-17(22(24)25)14-19(18)26-8-2/h7,11-12,14H,1,8-10,13H2,2-6H3,(H,24,25)/b20-15-. The normalized spacial score (nSPS) is 17.6. The summed E-state index contributed by atoms with van der Waals surface area (Å²) in [5.41, 5.74) is 6.17. The number of carboxylic acids is 1. The number of benzene rings is 1. The van der Waals surface area contributed by atoms with Crippen molar-refractivity contribution in [2.45, 2.75) is 53.9 Å². The van der Waals surface area contributed by atoms with Crippen molar-refractivity contribution in [3.8, 4) is 5.75 Å². The maximum Gasteiger partial charge on any atom is 0.335 e. The molecule has 3 heteroatoms. The van der Waals surface area contributed by atoms with E-state index in [4.69, 9.17) is 4.74 Å². The number of hydrogen-bond donors (Lipinski definition) is 1. The average molecular weight is 354 g/mol. The van der Waals surface area contributed by atoms with E-state index in [1.165, 1.54) is 17.6 Å². The third kappa shape index (κ3) is 3.92. The number of ether oxygens (including phenoxy) is 1. The summed E-state index contributed by atoms with van der Waals surface area (Å²) in [5.74, 6) is -0.331. The van der Waals surface area contributed by atoms with Crippen LogP contribution in [0.5, 0.6) is 5.75 Å². The quantitative estimate of drug-likeness (QED) is 0.612. The lowest BCUT2D eigenvalue weighted by molar-refractivity contribution is 0.0696. The molecule has 1 aliphatic carbocycles.